The Hall–Kier alpha value is -1.67. The van der Waals surface area contributed by atoms with Crippen molar-refractivity contribution in [3.63, 3.8) is 0 Å². The SMILES string of the molecule is CNS(=O)(=O)c1ccc(CNCC(O)c2ccccc2)o1. The summed E-state index contributed by atoms with van der Waals surface area (Å²) in [6.07, 6.45) is -0.623. The summed E-state index contributed by atoms with van der Waals surface area (Å²) in [4.78, 5) is 0. The van der Waals surface area contributed by atoms with Crippen LogP contribution in [0.5, 0.6) is 0 Å². The van der Waals surface area contributed by atoms with E-state index < -0.39 is 16.1 Å². The van der Waals surface area contributed by atoms with E-state index in [1.165, 1.54) is 13.1 Å². The molecule has 2 aromatic rings. The van der Waals surface area contributed by atoms with Gasteiger partial charge in [-0.25, -0.2) is 13.1 Å². The molecule has 1 atom stereocenters. The molecule has 0 aliphatic heterocycles. The van der Waals surface area contributed by atoms with Crippen LogP contribution in [0, 0.1) is 0 Å². The van der Waals surface area contributed by atoms with E-state index in [9.17, 15) is 13.5 Å². The van der Waals surface area contributed by atoms with E-state index in [4.69, 9.17) is 4.42 Å². The van der Waals surface area contributed by atoms with Crippen molar-refractivity contribution < 1.29 is 17.9 Å². The van der Waals surface area contributed by atoms with E-state index in [0.717, 1.165) is 5.56 Å². The second-order valence-electron chi connectivity index (χ2n) is 4.49. The van der Waals surface area contributed by atoms with Crippen LogP contribution in [0.3, 0.4) is 0 Å². The summed E-state index contributed by atoms with van der Waals surface area (Å²) < 4.78 is 30.4. The van der Waals surface area contributed by atoms with Gasteiger partial charge >= 0.3 is 0 Å². The summed E-state index contributed by atoms with van der Waals surface area (Å²) in [7, 11) is -2.23. The predicted molar refractivity (Wildman–Crippen MR) is 78.1 cm³/mol. The average molecular weight is 310 g/mol. The van der Waals surface area contributed by atoms with Gasteiger partial charge in [0.15, 0.2) is 0 Å². The molecule has 3 N–H and O–H groups in total. The Balaban J connectivity index is 1.87. The highest BCUT2D eigenvalue weighted by Gasteiger charge is 2.16. The van der Waals surface area contributed by atoms with Crippen molar-refractivity contribution in [3.05, 3.63) is 53.8 Å². The molecule has 0 radical (unpaired) electrons. The van der Waals surface area contributed by atoms with Crippen molar-refractivity contribution in [1.29, 1.82) is 0 Å². The number of aliphatic hydroxyl groups excluding tert-OH is 1. The van der Waals surface area contributed by atoms with Crippen LogP contribution in [-0.4, -0.2) is 27.1 Å². The maximum atomic E-state index is 11.5. The zero-order valence-corrected chi connectivity index (χ0v) is 12.4. The van der Waals surface area contributed by atoms with Crippen molar-refractivity contribution in [2.45, 2.75) is 17.7 Å². The van der Waals surface area contributed by atoms with Crippen molar-refractivity contribution in [3.8, 4) is 0 Å². The maximum Gasteiger partial charge on any atom is 0.273 e. The molecule has 0 amide bonds. The molecule has 0 fully saturated rings. The van der Waals surface area contributed by atoms with Gasteiger partial charge in [0.2, 0.25) is 5.09 Å². The summed E-state index contributed by atoms with van der Waals surface area (Å²) in [5.74, 6) is 0.490. The quantitative estimate of drug-likeness (QED) is 0.710. The van der Waals surface area contributed by atoms with E-state index in [-0.39, 0.29) is 5.09 Å². The van der Waals surface area contributed by atoms with Crippen molar-refractivity contribution >= 4 is 10.0 Å². The maximum absolute atomic E-state index is 11.5. The lowest BCUT2D eigenvalue weighted by Gasteiger charge is -2.11. The number of rotatable bonds is 7. The molecule has 1 unspecified atom stereocenters. The van der Waals surface area contributed by atoms with Gasteiger partial charge in [-0.1, -0.05) is 30.3 Å². The molecule has 1 heterocycles. The van der Waals surface area contributed by atoms with Crippen LogP contribution in [0.1, 0.15) is 17.4 Å². The monoisotopic (exact) mass is 310 g/mol. The minimum absolute atomic E-state index is 0.120. The molecule has 0 bridgehead atoms. The fraction of sp³-hybridized carbons (Fsp3) is 0.286. The second-order valence-corrected chi connectivity index (χ2v) is 6.30. The Morgan fingerprint density at radius 3 is 2.57 bits per heavy atom. The van der Waals surface area contributed by atoms with Gasteiger partial charge in [0.25, 0.3) is 10.0 Å². The fourth-order valence-electron chi connectivity index (χ4n) is 1.82. The highest BCUT2D eigenvalue weighted by atomic mass is 32.2. The molecule has 0 aliphatic carbocycles. The smallest absolute Gasteiger partial charge is 0.273 e. The van der Waals surface area contributed by atoms with Crippen LogP contribution in [0.4, 0.5) is 0 Å². The first kappa shape index (κ1) is 15.7. The van der Waals surface area contributed by atoms with Crippen LogP contribution >= 0.6 is 0 Å². The lowest BCUT2D eigenvalue weighted by molar-refractivity contribution is 0.173. The highest BCUT2D eigenvalue weighted by Crippen LogP contribution is 2.14. The Morgan fingerprint density at radius 1 is 1.19 bits per heavy atom. The molecule has 0 spiro atoms. The molecular formula is C14H18N2O4S. The second kappa shape index (κ2) is 6.86. The first-order valence-corrected chi connectivity index (χ1v) is 7.97. The predicted octanol–water partition coefficient (Wildman–Crippen LogP) is 1.01. The number of nitrogens with one attached hydrogen (secondary N) is 2. The van der Waals surface area contributed by atoms with Gasteiger partial charge in [0.05, 0.1) is 12.6 Å². The number of benzene rings is 1. The van der Waals surface area contributed by atoms with Crippen LogP contribution in [-0.2, 0) is 16.6 Å². The molecule has 1 aromatic carbocycles. The van der Waals surface area contributed by atoms with Crippen LogP contribution in [0.25, 0.3) is 0 Å². The van der Waals surface area contributed by atoms with E-state index in [1.54, 1.807) is 6.07 Å². The van der Waals surface area contributed by atoms with Crippen LogP contribution in [0.2, 0.25) is 0 Å². The highest BCUT2D eigenvalue weighted by molar-refractivity contribution is 7.89. The van der Waals surface area contributed by atoms with Crippen molar-refractivity contribution in [2.75, 3.05) is 13.6 Å². The van der Waals surface area contributed by atoms with Gasteiger partial charge in [0, 0.05) is 6.54 Å². The Kier molecular flexibility index (Phi) is 5.13. The normalized spacial score (nSPS) is 13.2. The minimum atomic E-state index is -3.56. The summed E-state index contributed by atoms with van der Waals surface area (Å²) in [6, 6.07) is 12.3. The van der Waals surface area contributed by atoms with Gasteiger partial charge in [-0.15, -0.1) is 0 Å². The average Bonchev–Trinajstić information content (AvgIpc) is 2.98. The lowest BCUT2D eigenvalue weighted by atomic mass is 10.1. The van der Waals surface area contributed by atoms with Crippen LogP contribution in [0.15, 0.2) is 52.0 Å². The van der Waals surface area contributed by atoms with Gasteiger partial charge in [-0.2, -0.15) is 0 Å². The molecular weight excluding hydrogens is 292 g/mol. The number of furan rings is 1. The van der Waals surface area contributed by atoms with E-state index in [2.05, 4.69) is 10.0 Å². The van der Waals surface area contributed by atoms with Gasteiger partial charge in [0.1, 0.15) is 5.76 Å². The molecule has 1 aromatic heterocycles. The van der Waals surface area contributed by atoms with Gasteiger partial charge in [-0.3, -0.25) is 0 Å². The number of hydrogen-bond acceptors (Lipinski definition) is 5. The summed E-state index contributed by atoms with van der Waals surface area (Å²) >= 11 is 0. The fourth-order valence-corrected chi connectivity index (χ4v) is 2.49. The Morgan fingerprint density at radius 2 is 1.90 bits per heavy atom. The van der Waals surface area contributed by atoms with Crippen LogP contribution < -0.4 is 10.0 Å². The standard InChI is InChI=1S/C14H18N2O4S/c1-15-21(18,19)14-8-7-12(20-14)9-16-10-13(17)11-5-3-2-4-6-11/h2-8,13,15-17H,9-10H2,1H3. The minimum Gasteiger partial charge on any atom is -0.447 e. The third-order valence-corrected chi connectivity index (χ3v) is 4.28. The van der Waals surface area contributed by atoms with Gasteiger partial charge in [-0.05, 0) is 24.7 Å². The molecule has 21 heavy (non-hydrogen) atoms. The molecule has 2 rings (SSSR count). The zero-order chi connectivity index (χ0) is 15.3. The molecule has 0 saturated heterocycles. The summed E-state index contributed by atoms with van der Waals surface area (Å²) in [6.45, 7) is 0.682. The third-order valence-electron chi connectivity index (χ3n) is 2.99. The van der Waals surface area contributed by atoms with E-state index in [0.29, 0.717) is 18.8 Å². The summed E-state index contributed by atoms with van der Waals surface area (Å²) in [5.41, 5.74) is 0.822. The number of sulfonamides is 1. The third kappa shape index (κ3) is 4.15. The van der Waals surface area contributed by atoms with E-state index >= 15 is 0 Å². The number of hydrogen-bond donors (Lipinski definition) is 3. The van der Waals surface area contributed by atoms with Crippen molar-refractivity contribution in [1.82, 2.24) is 10.0 Å². The molecule has 6 nitrogen and oxygen atoms in total. The number of aliphatic hydroxyl groups is 1. The Labute approximate surface area is 123 Å². The summed E-state index contributed by atoms with van der Waals surface area (Å²) in [5, 5.41) is 12.9. The first-order valence-electron chi connectivity index (χ1n) is 6.49. The first-order chi connectivity index (χ1) is 10.0. The Bertz CT molecular complexity index is 667. The molecule has 0 aliphatic rings. The molecule has 0 saturated carbocycles. The molecule has 114 valence electrons. The molecule has 7 heteroatoms. The van der Waals surface area contributed by atoms with Crippen molar-refractivity contribution in [2.24, 2.45) is 0 Å². The lowest BCUT2D eigenvalue weighted by Crippen LogP contribution is -2.21. The topological polar surface area (TPSA) is 91.6 Å². The largest absolute Gasteiger partial charge is 0.447 e. The van der Waals surface area contributed by atoms with Gasteiger partial charge < -0.3 is 14.8 Å². The van der Waals surface area contributed by atoms with E-state index in [1.807, 2.05) is 30.3 Å². The zero-order valence-electron chi connectivity index (χ0n) is 11.6.